The molecule has 0 aliphatic rings. The molecule has 1 aromatic carbocycles. The summed E-state index contributed by atoms with van der Waals surface area (Å²) in [4.78, 5) is 16.2. The van der Waals surface area contributed by atoms with E-state index in [1.54, 1.807) is 17.6 Å². The van der Waals surface area contributed by atoms with Crippen molar-refractivity contribution >= 4 is 45.5 Å². The van der Waals surface area contributed by atoms with E-state index in [2.05, 4.69) is 20.5 Å². The molecular formula is C13H9FN4OS3. The smallest absolute Gasteiger partial charge is 0.236 e. The molecule has 0 radical (unpaired) electrons. The van der Waals surface area contributed by atoms with Crippen LogP contribution in [0.2, 0.25) is 0 Å². The van der Waals surface area contributed by atoms with Gasteiger partial charge < -0.3 is 5.32 Å². The SMILES string of the molecule is O=C(CSc1nncs1)Nc1nc(-c2ccc(F)cc2)cs1. The molecule has 0 fully saturated rings. The van der Waals surface area contributed by atoms with Crippen molar-refractivity contribution in [2.24, 2.45) is 0 Å². The van der Waals surface area contributed by atoms with E-state index in [1.807, 2.05) is 5.38 Å². The van der Waals surface area contributed by atoms with Crippen LogP contribution in [0.15, 0.2) is 39.5 Å². The van der Waals surface area contributed by atoms with Crippen LogP contribution in [0.1, 0.15) is 0 Å². The standard InChI is InChI=1S/C13H9FN4OS3/c14-9-3-1-8(2-4-9)10-5-20-12(16-10)17-11(19)6-21-13-18-15-7-22-13/h1-5,7H,6H2,(H,16,17,19). The molecular weight excluding hydrogens is 343 g/mol. The second-order valence-corrected chi connectivity index (χ2v) is 7.00. The molecule has 0 aliphatic heterocycles. The van der Waals surface area contributed by atoms with E-state index in [-0.39, 0.29) is 17.5 Å². The van der Waals surface area contributed by atoms with Gasteiger partial charge in [-0.05, 0) is 24.3 Å². The number of thiazole rings is 1. The van der Waals surface area contributed by atoms with Gasteiger partial charge in [-0.3, -0.25) is 4.79 Å². The summed E-state index contributed by atoms with van der Waals surface area (Å²) in [5, 5.41) is 12.6. The molecule has 0 saturated heterocycles. The highest BCUT2D eigenvalue weighted by atomic mass is 32.2. The van der Waals surface area contributed by atoms with E-state index in [9.17, 15) is 9.18 Å². The average Bonchev–Trinajstić information content (AvgIpc) is 3.17. The molecule has 0 unspecified atom stereocenters. The number of rotatable bonds is 5. The third-order valence-corrected chi connectivity index (χ3v) is 5.18. The molecule has 0 aliphatic carbocycles. The molecule has 2 heterocycles. The monoisotopic (exact) mass is 352 g/mol. The Morgan fingerprint density at radius 1 is 1.27 bits per heavy atom. The van der Waals surface area contributed by atoms with Crippen LogP contribution < -0.4 is 5.32 Å². The summed E-state index contributed by atoms with van der Waals surface area (Å²) >= 11 is 4.05. The Hall–Kier alpha value is -1.84. The number of anilines is 1. The first-order valence-electron chi connectivity index (χ1n) is 6.11. The van der Waals surface area contributed by atoms with E-state index in [1.165, 1.54) is 46.6 Å². The van der Waals surface area contributed by atoms with Crippen molar-refractivity contribution in [1.82, 2.24) is 15.2 Å². The minimum Gasteiger partial charge on any atom is -0.301 e. The number of hydrogen-bond donors (Lipinski definition) is 1. The molecule has 5 nitrogen and oxygen atoms in total. The fourth-order valence-corrected chi connectivity index (χ4v) is 3.62. The van der Waals surface area contributed by atoms with Crippen molar-refractivity contribution in [1.29, 1.82) is 0 Å². The van der Waals surface area contributed by atoms with Gasteiger partial charge in [-0.2, -0.15) is 0 Å². The van der Waals surface area contributed by atoms with Crippen LogP contribution in [-0.4, -0.2) is 26.8 Å². The number of nitrogens with one attached hydrogen (secondary N) is 1. The molecule has 3 aromatic rings. The molecule has 2 aromatic heterocycles. The predicted octanol–water partition coefficient (Wildman–Crippen LogP) is 3.53. The zero-order valence-corrected chi connectivity index (χ0v) is 13.5. The number of nitrogens with zero attached hydrogens (tertiary/aromatic N) is 3. The first-order valence-corrected chi connectivity index (χ1v) is 8.85. The van der Waals surface area contributed by atoms with Gasteiger partial charge in [0.25, 0.3) is 0 Å². The molecule has 0 bridgehead atoms. The number of carbonyl (C=O) groups excluding carboxylic acids is 1. The summed E-state index contributed by atoms with van der Waals surface area (Å²) in [6.45, 7) is 0. The van der Waals surface area contributed by atoms with Crippen molar-refractivity contribution < 1.29 is 9.18 Å². The summed E-state index contributed by atoms with van der Waals surface area (Å²) in [6, 6.07) is 6.07. The number of hydrogen-bond acceptors (Lipinski definition) is 7. The minimum atomic E-state index is -0.291. The van der Waals surface area contributed by atoms with Gasteiger partial charge in [0.2, 0.25) is 5.91 Å². The van der Waals surface area contributed by atoms with Gasteiger partial charge in [0.15, 0.2) is 9.47 Å². The predicted molar refractivity (Wildman–Crippen MR) is 86.8 cm³/mol. The molecule has 0 spiro atoms. The Morgan fingerprint density at radius 3 is 2.82 bits per heavy atom. The van der Waals surface area contributed by atoms with Gasteiger partial charge in [0.05, 0.1) is 11.4 Å². The Balaban J connectivity index is 1.59. The van der Waals surface area contributed by atoms with Gasteiger partial charge in [-0.1, -0.05) is 23.1 Å². The van der Waals surface area contributed by atoms with Gasteiger partial charge >= 0.3 is 0 Å². The van der Waals surface area contributed by atoms with Crippen LogP contribution in [-0.2, 0) is 4.79 Å². The summed E-state index contributed by atoms with van der Waals surface area (Å²) in [5.41, 5.74) is 3.13. The quantitative estimate of drug-likeness (QED) is 0.712. The summed E-state index contributed by atoms with van der Waals surface area (Å²) in [7, 11) is 0. The van der Waals surface area contributed by atoms with Crippen LogP contribution in [0.25, 0.3) is 11.3 Å². The first kappa shape index (κ1) is 15.1. The zero-order chi connectivity index (χ0) is 15.4. The van der Waals surface area contributed by atoms with Crippen LogP contribution in [0, 0.1) is 5.82 Å². The van der Waals surface area contributed by atoms with Crippen molar-refractivity contribution in [3.8, 4) is 11.3 Å². The number of aromatic nitrogens is 3. The molecule has 0 atom stereocenters. The first-order chi connectivity index (χ1) is 10.7. The summed E-state index contributed by atoms with van der Waals surface area (Å²) in [5.74, 6) is -0.192. The molecule has 3 rings (SSSR count). The van der Waals surface area contributed by atoms with Crippen LogP contribution in [0.4, 0.5) is 9.52 Å². The Labute approximate surface area is 137 Å². The highest BCUT2D eigenvalue weighted by Gasteiger charge is 2.09. The minimum absolute atomic E-state index is 0.153. The van der Waals surface area contributed by atoms with E-state index in [4.69, 9.17) is 0 Å². The van der Waals surface area contributed by atoms with E-state index >= 15 is 0 Å². The summed E-state index contributed by atoms with van der Waals surface area (Å²) in [6.07, 6.45) is 0. The lowest BCUT2D eigenvalue weighted by atomic mass is 10.2. The second-order valence-electron chi connectivity index (χ2n) is 4.09. The Kier molecular flexibility index (Phi) is 4.76. The van der Waals surface area contributed by atoms with Crippen molar-refractivity contribution in [3.63, 3.8) is 0 Å². The topological polar surface area (TPSA) is 67.8 Å². The highest BCUT2D eigenvalue weighted by molar-refractivity contribution is 8.01. The fourth-order valence-electron chi connectivity index (χ4n) is 1.59. The number of amides is 1. The van der Waals surface area contributed by atoms with E-state index in [0.29, 0.717) is 10.8 Å². The van der Waals surface area contributed by atoms with Crippen molar-refractivity contribution in [2.45, 2.75) is 4.34 Å². The van der Waals surface area contributed by atoms with Gasteiger partial charge in [0.1, 0.15) is 11.3 Å². The van der Waals surface area contributed by atoms with Crippen LogP contribution >= 0.6 is 34.4 Å². The van der Waals surface area contributed by atoms with E-state index in [0.717, 1.165) is 9.90 Å². The summed E-state index contributed by atoms with van der Waals surface area (Å²) < 4.78 is 13.6. The fraction of sp³-hybridized carbons (Fsp3) is 0.0769. The number of carbonyl (C=O) groups is 1. The largest absolute Gasteiger partial charge is 0.301 e. The van der Waals surface area contributed by atoms with Crippen LogP contribution in [0.3, 0.4) is 0 Å². The number of thioether (sulfide) groups is 1. The number of benzene rings is 1. The third-order valence-electron chi connectivity index (χ3n) is 2.56. The van der Waals surface area contributed by atoms with Crippen molar-refractivity contribution in [3.05, 3.63) is 41.0 Å². The highest BCUT2D eigenvalue weighted by Crippen LogP contribution is 2.25. The Bertz CT molecular complexity index is 758. The van der Waals surface area contributed by atoms with Gasteiger partial charge in [0, 0.05) is 10.9 Å². The van der Waals surface area contributed by atoms with Crippen molar-refractivity contribution in [2.75, 3.05) is 11.1 Å². The lowest BCUT2D eigenvalue weighted by Gasteiger charge is -1.99. The molecule has 0 saturated carbocycles. The number of halogens is 1. The van der Waals surface area contributed by atoms with Gasteiger partial charge in [-0.25, -0.2) is 9.37 Å². The average molecular weight is 352 g/mol. The van der Waals surface area contributed by atoms with Gasteiger partial charge in [-0.15, -0.1) is 21.5 Å². The normalized spacial score (nSPS) is 10.6. The van der Waals surface area contributed by atoms with Crippen LogP contribution in [0.5, 0.6) is 0 Å². The maximum absolute atomic E-state index is 12.9. The second kappa shape index (κ2) is 6.95. The molecule has 1 N–H and O–H groups in total. The lowest BCUT2D eigenvalue weighted by Crippen LogP contribution is -2.13. The maximum atomic E-state index is 12.9. The molecule has 112 valence electrons. The van der Waals surface area contributed by atoms with E-state index < -0.39 is 0 Å². The molecule has 1 amide bonds. The Morgan fingerprint density at radius 2 is 2.09 bits per heavy atom. The lowest BCUT2D eigenvalue weighted by molar-refractivity contribution is -0.113. The zero-order valence-electron chi connectivity index (χ0n) is 11.0. The maximum Gasteiger partial charge on any atom is 0.236 e. The third kappa shape index (κ3) is 3.87. The molecule has 9 heteroatoms. The molecule has 22 heavy (non-hydrogen) atoms.